The number of rotatable bonds is 3. The van der Waals surface area contributed by atoms with Gasteiger partial charge < -0.3 is 4.90 Å². The minimum Gasteiger partial charge on any atom is -0.301 e. The second kappa shape index (κ2) is 7.79. The van der Waals surface area contributed by atoms with Crippen LogP contribution in [0.3, 0.4) is 0 Å². The summed E-state index contributed by atoms with van der Waals surface area (Å²) in [6.45, 7) is 8.05. The van der Waals surface area contributed by atoms with Gasteiger partial charge in [0.2, 0.25) is 5.91 Å². The lowest BCUT2D eigenvalue weighted by atomic mass is 9.97. The van der Waals surface area contributed by atoms with Gasteiger partial charge >= 0.3 is 0 Å². The van der Waals surface area contributed by atoms with Crippen molar-refractivity contribution in [2.24, 2.45) is 0 Å². The third kappa shape index (κ3) is 3.39. The summed E-state index contributed by atoms with van der Waals surface area (Å²) in [5, 5.41) is 0. The number of piperazine rings is 1. The van der Waals surface area contributed by atoms with Gasteiger partial charge in [-0.2, -0.15) is 0 Å². The molecule has 1 aliphatic heterocycles. The summed E-state index contributed by atoms with van der Waals surface area (Å²) < 4.78 is 0. The highest BCUT2D eigenvalue weighted by molar-refractivity contribution is 6.15. The Hall–Kier alpha value is -3.40. The topological polar surface area (TPSA) is 40.6 Å². The fraction of sp³-hybridized carbons (Fsp3) is 0.231. The quantitative estimate of drug-likeness (QED) is 0.620. The van der Waals surface area contributed by atoms with Gasteiger partial charge in [-0.25, -0.2) is 0 Å². The first-order chi connectivity index (χ1) is 14.4. The van der Waals surface area contributed by atoms with Gasteiger partial charge in [-0.1, -0.05) is 60.2 Å². The highest BCUT2D eigenvalue weighted by atomic mass is 16.2. The molecular formula is C26H26N2O2. The Morgan fingerprint density at radius 1 is 0.767 bits per heavy atom. The van der Waals surface area contributed by atoms with Crippen molar-refractivity contribution < 1.29 is 9.59 Å². The van der Waals surface area contributed by atoms with Crippen molar-refractivity contribution in [1.82, 2.24) is 0 Å². The molecule has 0 bridgehead atoms. The molecule has 0 unspecified atom stereocenters. The predicted octanol–water partition coefficient (Wildman–Crippen LogP) is 5.04. The molecule has 0 aliphatic carbocycles. The van der Waals surface area contributed by atoms with Crippen molar-refractivity contribution in [2.75, 3.05) is 16.3 Å². The lowest BCUT2D eigenvalue weighted by Crippen LogP contribution is -2.56. The smallest absolute Gasteiger partial charge is 0.255 e. The van der Waals surface area contributed by atoms with Gasteiger partial charge in [-0.15, -0.1) is 0 Å². The molecule has 1 aliphatic rings. The molecular weight excluding hydrogens is 372 g/mol. The number of benzene rings is 3. The predicted molar refractivity (Wildman–Crippen MR) is 121 cm³/mol. The Morgan fingerprint density at radius 3 is 2.20 bits per heavy atom. The van der Waals surface area contributed by atoms with E-state index in [1.807, 2.05) is 94.4 Å². The first-order valence-corrected chi connectivity index (χ1v) is 10.2. The zero-order valence-electron chi connectivity index (χ0n) is 17.8. The summed E-state index contributed by atoms with van der Waals surface area (Å²) in [4.78, 5) is 30.6. The Morgan fingerprint density at radius 2 is 1.50 bits per heavy atom. The van der Waals surface area contributed by atoms with Gasteiger partial charge in [-0.05, 0) is 62.1 Å². The Labute approximate surface area is 177 Å². The van der Waals surface area contributed by atoms with Crippen LogP contribution in [0.25, 0.3) is 0 Å². The molecule has 0 aromatic heterocycles. The molecule has 0 radical (unpaired) electrons. The molecule has 0 N–H and O–H groups in total. The summed E-state index contributed by atoms with van der Waals surface area (Å²) in [6, 6.07) is 20.7. The van der Waals surface area contributed by atoms with Gasteiger partial charge in [0.15, 0.2) is 0 Å². The Bertz CT molecular complexity index is 1120. The van der Waals surface area contributed by atoms with Crippen molar-refractivity contribution in [2.45, 2.75) is 33.7 Å². The van der Waals surface area contributed by atoms with E-state index in [9.17, 15) is 9.59 Å². The molecule has 3 aromatic rings. The Kier molecular flexibility index (Phi) is 5.17. The van der Waals surface area contributed by atoms with Gasteiger partial charge in [0.1, 0.15) is 12.6 Å². The number of carbonyl (C=O) groups excluding carboxylic acids is 2. The average Bonchev–Trinajstić information content (AvgIpc) is 2.72. The summed E-state index contributed by atoms with van der Waals surface area (Å²) in [5.74, 6) is -0.175. The van der Waals surface area contributed by atoms with E-state index in [4.69, 9.17) is 0 Å². The highest BCUT2D eigenvalue weighted by Crippen LogP contribution is 2.37. The third-order valence-electron chi connectivity index (χ3n) is 5.91. The molecule has 4 rings (SSSR count). The first kappa shape index (κ1) is 19.9. The zero-order valence-corrected chi connectivity index (χ0v) is 17.8. The SMILES string of the molecule is Cc1ccc(N2C(=O)CN(c3cccc(C)c3C)C(=O)[C@@H]2c2ccccc2)c(C)c1. The third-order valence-corrected chi connectivity index (χ3v) is 5.91. The van der Waals surface area contributed by atoms with Crippen LogP contribution in [0.2, 0.25) is 0 Å². The zero-order chi connectivity index (χ0) is 21.4. The van der Waals surface area contributed by atoms with Gasteiger partial charge in [0.05, 0.1) is 0 Å². The molecule has 0 spiro atoms. The monoisotopic (exact) mass is 398 g/mol. The van der Waals surface area contributed by atoms with Crippen LogP contribution >= 0.6 is 0 Å². The van der Waals surface area contributed by atoms with Crippen LogP contribution in [0.4, 0.5) is 11.4 Å². The highest BCUT2D eigenvalue weighted by Gasteiger charge is 2.42. The van der Waals surface area contributed by atoms with Crippen LogP contribution < -0.4 is 9.80 Å². The largest absolute Gasteiger partial charge is 0.301 e. The number of aryl methyl sites for hydroxylation is 3. The number of amides is 2. The molecule has 30 heavy (non-hydrogen) atoms. The number of carbonyl (C=O) groups is 2. The van der Waals surface area contributed by atoms with Gasteiger partial charge in [-0.3, -0.25) is 14.5 Å². The van der Waals surface area contributed by atoms with Crippen LogP contribution in [-0.4, -0.2) is 18.4 Å². The molecule has 1 atom stereocenters. The van der Waals surface area contributed by atoms with Crippen LogP contribution in [-0.2, 0) is 9.59 Å². The fourth-order valence-electron chi connectivity index (χ4n) is 4.20. The number of hydrogen-bond acceptors (Lipinski definition) is 2. The number of anilines is 2. The number of hydrogen-bond donors (Lipinski definition) is 0. The van der Waals surface area contributed by atoms with Crippen molar-refractivity contribution in [1.29, 1.82) is 0 Å². The second-order valence-corrected chi connectivity index (χ2v) is 8.01. The maximum absolute atomic E-state index is 13.8. The van der Waals surface area contributed by atoms with Gasteiger partial charge in [0.25, 0.3) is 5.91 Å². The van der Waals surface area contributed by atoms with Crippen LogP contribution in [0.1, 0.15) is 33.9 Å². The van der Waals surface area contributed by atoms with E-state index >= 15 is 0 Å². The minimum absolute atomic E-state index is 0.0276. The van der Waals surface area contributed by atoms with E-state index in [0.29, 0.717) is 0 Å². The maximum atomic E-state index is 13.8. The van der Waals surface area contributed by atoms with Gasteiger partial charge in [0, 0.05) is 11.4 Å². The van der Waals surface area contributed by atoms with E-state index in [-0.39, 0.29) is 18.4 Å². The van der Waals surface area contributed by atoms with E-state index in [1.54, 1.807) is 9.80 Å². The van der Waals surface area contributed by atoms with E-state index in [1.165, 1.54) is 0 Å². The van der Waals surface area contributed by atoms with Crippen molar-refractivity contribution in [3.05, 3.63) is 94.5 Å². The lowest BCUT2D eigenvalue weighted by Gasteiger charge is -2.41. The van der Waals surface area contributed by atoms with Crippen LogP contribution in [0.5, 0.6) is 0 Å². The standard InChI is InChI=1S/C26H26N2O2/c1-17-13-14-22(19(3)15-17)28-24(29)16-27(23-12-8-9-18(2)20(23)4)26(30)25(28)21-10-6-5-7-11-21/h5-15,25H,16H2,1-4H3/t25-/m0/s1. The van der Waals surface area contributed by atoms with Crippen LogP contribution in [0, 0.1) is 27.7 Å². The van der Waals surface area contributed by atoms with E-state index in [0.717, 1.165) is 39.2 Å². The summed E-state index contributed by atoms with van der Waals surface area (Å²) in [6.07, 6.45) is 0. The minimum atomic E-state index is -0.700. The maximum Gasteiger partial charge on any atom is 0.255 e. The molecule has 0 saturated carbocycles. The van der Waals surface area contributed by atoms with Crippen LogP contribution in [0.15, 0.2) is 66.7 Å². The molecule has 1 heterocycles. The fourth-order valence-corrected chi connectivity index (χ4v) is 4.20. The molecule has 4 nitrogen and oxygen atoms in total. The first-order valence-electron chi connectivity index (χ1n) is 10.2. The average molecular weight is 399 g/mol. The molecule has 3 aromatic carbocycles. The molecule has 152 valence electrons. The molecule has 2 amide bonds. The lowest BCUT2D eigenvalue weighted by molar-refractivity contribution is -0.128. The van der Waals surface area contributed by atoms with Crippen molar-refractivity contribution >= 4 is 23.2 Å². The number of nitrogens with zero attached hydrogens (tertiary/aromatic N) is 2. The molecule has 1 saturated heterocycles. The summed E-state index contributed by atoms with van der Waals surface area (Å²) in [5.41, 5.74) is 6.62. The summed E-state index contributed by atoms with van der Waals surface area (Å²) >= 11 is 0. The van der Waals surface area contributed by atoms with Crippen molar-refractivity contribution in [3.8, 4) is 0 Å². The van der Waals surface area contributed by atoms with E-state index in [2.05, 4.69) is 0 Å². The Balaban J connectivity index is 1.86. The van der Waals surface area contributed by atoms with Crippen molar-refractivity contribution in [3.63, 3.8) is 0 Å². The molecule has 1 fully saturated rings. The van der Waals surface area contributed by atoms with E-state index < -0.39 is 6.04 Å². The summed E-state index contributed by atoms with van der Waals surface area (Å²) in [7, 11) is 0. The normalized spacial score (nSPS) is 16.9. The molecule has 4 heteroatoms. The second-order valence-electron chi connectivity index (χ2n) is 8.01.